The van der Waals surface area contributed by atoms with Gasteiger partial charge in [0.05, 0.1) is 0 Å². The molecule has 3 aromatic rings. The molecule has 1 N–H and O–H groups in total. The molecule has 0 fully saturated rings. The number of benzene rings is 2. The summed E-state index contributed by atoms with van der Waals surface area (Å²) in [6, 6.07) is 15.5. The minimum atomic E-state index is 0.180. The fourth-order valence-electron chi connectivity index (χ4n) is 2.06. The van der Waals surface area contributed by atoms with Crippen LogP contribution in [0.25, 0.3) is 10.1 Å². The Labute approximate surface area is 115 Å². The van der Waals surface area contributed by atoms with Gasteiger partial charge in [0.1, 0.15) is 6.61 Å². The first-order chi connectivity index (χ1) is 9.24. The molecule has 1 aromatic heterocycles. The Hall–Kier alpha value is -2.00. The molecule has 0 aliphatic heterocycles. The number of ether oxygens (including phenoxy) is 1. The summed E-state index contributed by atoms with van der Waals surface area (Å²) >= 11 is 1.74. The summed E-state index contributed by atoms with van der Waals surface area (Å²) in [5, 5.41) is 10.9. The molecule has 19 heavy (non-hydrogen) atoms. The van der Waals surface area contributed by atoms with Crippen LogP contribution in [0.2, 0.25) is 0 Å². The van der Waals surface area contributed by atoms with E-state index in [0.29, 0.717) is 12.4 Å². The molecule has 0 atom stereocenters. The fourth-order valence-corrected chi connectivity index (χ4v) is 3.10. The number of rotatable bonds is 3. The van der Waals surface area contributed by atoms with Gasteiger partial charge in [0.2, 0.25) is 0 Å². The molecule has 0 saturated carbocycles. The number of aryl methyl sites for hydroxylation is 1. The number of phenolic OH excluding ortho intramolecular Hbond substituents is 1. The van der Waals surface area contributed by atoms with Crippen molar-refractivity contribution in [3.05, 3.63) is 59.0 Å². The van der Waals surface area contributed by atoms with Crippen molar-refractivity contribution < 1.29 is 9.84 Å². The van der Waals surface area contributed by atoms with Gasteiger partial charge < -0.3 is 9.84 Å². The molecule has 0 aliphatic carbocycles. The minimum absolute atomic E-state index is 0.180. The lowest BCUT2D eigenvalue weighted by molar-refractivity contribution is 0.292. The van der Waals surface area contributed by atoms with Gasteiger partial charge in [-0.25, -0.2) is 0 Å². The zero-order valence-corrected chi connectivity index (χ0v) is 11.4. The van der Waals surface area contributed by atoms with Crippen molar-refractivity contribution in [2.24, 2.45) is 0 Å². The van der Waals surface area contributed by atoms with E-state index in [1.54, 1.807) is 29.5 Å². The molecule has 0 saturated heterocycles. The standard InChI is InChI=1S/C16H14O2S/c1-11-5-4-6-12-9-13(19-16(11)12)10-18-15-8-3-2-7-14(15)17/h2-9,17H,10H2,1H3. The van der Waals surface area contributed by atoms with Gasteiger partial charge in [-0.05, 0) is 36.1 Å². The number of aromatic hydroxyl groups is 1. The summed E-state index contributed by atoms with van der Waals surface area (Å²) in [4.78, 5) is 1.16. The Morgan fingerprint density at radius 2 is 1.95 bits per heavy atom. The third-order valence-electron chi connectivity index (χ3n) is 3.03. The van der Waals surface area contributed by atoms with E-state index in [0.717, 1.165) is 4.88 Å². The second kappa shape index (κ2) is 4.94. The lowest BCUT2D eigenvalue weighted by atomic mass is 10.2. The van der Waals surface area contributed by atoms with Crippen LogP contribution >= 0.6 is 11.3 Å². The molecular formula is C16H14O2S. The van der Waals surface area contributed by atoms with Crippen molar-refractivity contribution in [1.82, 2.24) is 0 Å². The highest BCUT2D eigenvalue weighted by atomic mass is 32.1. The topological polar surface area (TPSA) is 29.5 Å². The van der Waals surface area contributed by atoms with E-state index in [9.17, 15) is 5.11 Å². The first-order valence-corrected chi connectivity index (χ1v) is 6.94. The van der Waals surface area contributed by atoms with Crippen molar-refractivity contribution in [1.29, 1.82) is 0 Å². The molecule has 3 rings (SSSR count). The van der Waals surface area contributed by atoms with Crippen LogP contribution in [0.1, 0.15) is 10.4 Å². The monoisotopic (exact) mass is 270 g/mol. The SMILES string of the molecule is Cc1cccc2cc(COc3ccccc3O)sc12. The average Bonchev–Trinajstić information content (AvgIpc) is 2.82. The third kappa shape index (κ3) is 2.42. The molecular weight excluding hydrogens is 256 g/mol. The first-order valence-electron chi connectivity index (χ1n) is 6.13. The van der Waals surface area contributed by atoms with Crippen molar-refractivity contribution in [3.8, 4) is 11.5 Å². The maximum atomic E-state index is 9.65. The maximum Gasteiger partial charge on any atom is 0.161 e. The summed E-state index contributed by atoms with van der Waals surface area (Å²) in [6.45, 7) is 2.60. The van der Waals surface area contributed by atoms with Gasteiger partial charge in [-0.1, -0.05) is 30.3 Å². The van der Waals surface area contributed by atoms with Crippen LogP contribution in [-0.2, 0) is 6.61 Å². The number of thiophene rings is 1. The summed E-state index contributed by atoms with van der Waals surface area (Å²) in [5.74, 6) is 0.705. The molecule has 3 heteroatoms. The smallest absolute Gasteiger partial charge is 0.161 e. The molecule has 0 radical (unpaired) electrons. The van der Waals surface area contributed by atoms with E-state index in [-0.39, 0.29) is 5.75 Å². The van der Waals surface area contributed by atoms with Gasteiger partial charge in [0.25, 0.3) is 0 Å². The van der Waals surface area contributed by atoms with Crippen molar-refractivity contribution in [3.63, 3.8) is 0 Å². The van der Waals surface area contributed by atoms with Crippen molar-refractivity contribution in [2.45, 2.75) is 13.5 Å². The highest BCUT2D eigenvalue weighted by Gasteiger charge is 2.06. The summed E-state index contributed by atoms with van der Waals surface area (Å²) in [5.41, 5.74) is 1.29. The van der Waals surface area contributed by atoms with Gasteiger partial charge in [-0.3, -0.25) is 0 Å². The van der Waals surface area contributed by atoms with Crippen LogP contribution in [0.4, 0.5) is 0 Å². The number of fused-ring (bicyclic) bond motifs is 1. The zero-order valence-electron chi connectivity index (χ0n) is 10.6. The van der Waals surface area contributed by atoms with Gasteiger partial charge in [0.15, 0.2) is 11.5 Å². The normalized spacial score (nSPS) is 10.8. The lowest BCUT2D eigenvalue weighted by Crippen LogP contribution is -1.92. The minimum Gasteiger partial charge on any atom is -0.504 e. The van der Waals surface area contributed by atoms with Crippen LogP contribution in [0.5, 0.6) is 11.5 Å². The van der Waals surface area contributed by atoms with Gasteiger partial charge >= 0.3 is 0 Å². The predicted molar refractivity (Wildman–Crippen MR) is 79.0 cm³/mol. The average molecular weight is 270 g/mol. The first kappa shape index (κ1) is 12.1. The molecule has 0 bridgehead atoms. The van der Waals surface area contributed by atoms with Crippen LogP contribution < -0.4 is 4.74 Å². The Morgan fingerprint density at radius 1 is 1.11 bits per heavy atom. The molecule has 0 unspecified atom stereocenters. The van der Waals surface area contributed by atoms with Crippen LogP contribution in [-0.4, -0.2) is 5.11 Å². The maximum absolute atomic E-state index is 9.65. The zero-order chi connectivity index (χ0) is 13.2. The van der Waals surface area contributed by atoms with E-state index in [1.807, 2.05) is 6.07 Å². The van der Waals surface area contributed by atoms with Crippen LogP contribution in [0.3, 0.4) is 0 Å². The Kier molecular flexibility index (Phi) is 3.13. The number of hydrogen-bond donors (Lipinski definition) is 1. The molecule has 96 valence electrons. The van der Waals surface area contributed by atoms with E-state index in [4.69, 9.17) is 4.74 Å². The largest absolute Gasteiger partial charge is 0.504 e. The van der Waals surface area contributed by atoms with Crippen LogP contribution in [0, 0.1) is 6.92 Å². The molecule has 1 heterocycles. The molecule has 0 aliphatic rings. The van der Waals surface area contributed by atoms with E-state index in [2.05, 4.69) is 31.2 Å². The Morgan fingerprint density at radius 3 is 2.74 bits per heavy atom. The molecule has 0 spiro atoms. The lowest BCUT2D eigenvalue weighted by Gasteiger charge is -2.05. The molecule has 0 amide bonds. The highest BCUT2D eigenvalue weighted by Crippen LogP contribution is 2.30. The summed E-state index contributed by atoms with van der Waals surface area (Å²) in [7, 11) is 0. The fraction of sp³-hybridized carbons (Fsp3) is 0.125. The van der Waals surface area contributed by atoms with Crippen molar-refractivity contribution >= 4 is 21.4 Å². The summed E-state index contributed by atoms with van der Waals surface area (Å²) < 4.78 is 6.96. The Bertz CT molecular complexity index is 716. The number of hydrogen-bond acceptors (Lipinski definition) is 3. The van der Waals surface area contributed by atoms with Gasteiger partial charge in [-0.15, -0.1) is 11.3 Å². The third-order valence-corrected chi connectivity index (χ3v) is 4.29. The summed E-state index contributed by atoms with van der Waals surface area (Å²) in [6.07, 6.45) is 0. The number of para-hydroxylation sites is 2. The van der Waals surface area contributed by atoms with Crippen molar-refractivity contribution in [2.75, 3.05) is 0 Å². The van der Waals surface area contributed by atoms with Crippen LogP contribution in [0.15, 0.2) is 48.5 Å². The van der Waals surface area contributed by atoms with E-state index in [1.165, 1.54) is 15.6 Å². The predicted octanol–water partition coefficient (Wildman–Crippen LogP) is 4.49. The number of phenols is 1. The quantitative estimate of drug-likeness (QED) is 0.759. The van der Waals surface area contributed by atoms with Gasteiger partial charge in [0, 0.05) is 9.58 Å². The van der Waals surface area contributed by atoms with Gasteiger partial charge in [-0.2, -0.15) is 0 Å². The Balaban J connectivity index is 1.83. The molecule has 2 nitrogen and oxygen atoms in total. The highest BCUT2D eigenvalue weighted by molar-refractivity contribution is 7.19. The van der Waals surface area contributed by atoms with E-state index >= 15 is 0 Å². The van der Waals surface area contributed by atoms with E-state index < -0.39 is 0 Å². The second-order valence-corrected chi connectivity index (χ2v) is 5.60. The molecule has 2 aromatic carbocycles. The second-order valence-electron chi connectivity index (χ2n) is 4.46.